The fourth-order valence-electron chi connectivity index (χ4n) is 1.89. The van der Waals surface area contributed by atoms with E-state index >= 15 is 0 Å². The second-order valence-corrected chi connectivity index (χ2v) is 6.40. The maximum atomic E-state index is 5.83. The van der Waals surface area contributed by atoms with Crippen molar-refractivity contribution in [2.24, 2.45) is 0 Å². The van der Waals surface area contributed by atoms with E-state index in [1.54, 1.807) is 11.3 Å². The molecule has 0 aliphatic carbocycles. The number of benzene rings is 1. The number of aryl methyl sites for hydroxylation is 1. The van der Waals surface area contributed by atoms with Gasteiger partial charge in [0.2, 0.25) is 0 Å². The first kappa shape index (κ1) is 13.5. The Labute approximate surface area is 120 Å². The van der Waals surface area contributed by atoms with Crippen molar-refractivity contribution in [3.05, 3.63) is 44.3 Å². The first-order valence-electron chi connectivity index (χ1n) is 5.67. The van der Waals surface area contributed by atoms with Crippen LogP contribution in [-0.2, 0) is 13.1 Å². The van der Waals surface area contributed by atoms with Gasteiger partial charge in [-0.3, -0.25) is 4.90 Å². The molecule has 0 atom stereocenters. The molecule has 0 fully saturated rings. The van der Waals surface area contributed by atoms with Gasteiger partial charge in [0.25, 0.3) is 0 Å². The maximum Gasteiger partial charge on any atom is 0.0897 e. The molecule has 0 aliphatic rings. The van der Waals surface area contributed by atoms with Gasteiger partial charge in [-0.15, -0.1) is 11.3 Å². The zero-order chi connectivity index (χ0) is 13.1. The molecular weight excluding hydrogens is 310 g/mol. The molecule has 0 bridgehead atoms. The average molecular weight is 326 g/mol. The molecule has 1 heterocycles. The first-order valence-corrected chi connectivity index (χ1v) is 7.34. The molecule has 0 radical (unpaired) electrons. The third-order valence-electron chi connectivity index (χ3n) is 2.53. The van der Waals surface area contributed by atoms with Gasteiger partial charge in [-0.05, 0) is 37.7 Å². The summed E-state index contributed by atoms with van der Waals surface area (Å²) in [6.07, 6.45) is 0. The number of hydrogen-bond donors (Lipinski definition) is 1. The Hall–Kier alpha value is -0.910. The van der Waals surface area contributed by atoms with Crippen molar-refractivity contribution in [3.8, 4) is 0 Å². The van der Waals surface area contributed by atoms with Crippen molar-refractivity contribution in [2.75, 3.05) is 12.8 Å². The van der Waals surface area contributed by atoms with E-state index in [4.69, 9.17) is 5.73 Å². The van der Waals surface area contributed by atoms with Crippen LogP contribution in [0.25, 0.3) is 0 Å². The van der Waals surface area contributed by atoms with Gasteiger partial charge >= 0.3 is 0 Å². The summed E-state index contributed by atoms with van der Waals surface area (Å²) in [5.74, 6) is 0. The summed E-state index contributed by atoms with van der Waals surface area (Å²) in [4.78, 5) is 6.70. The highest BCUT2D eigenvalue weighted by molar-refractivity contribution is 9.10. The van der Waals surface area contributed by atoms with Gasteiger partial charge < -0.3 is 5.73 Å². The Morgan fingerprint density at radius 2 is 2.11 bits per heavy atom. The largest absolute Gasteiger partial charge is 0.399 e. The van der Waals surface area contributed by atoms with E-state index in [0.29, 0.717) is 0 Å². The molecule has 5 heteroatoms. The summed E-state index contributed by atoms with van der Waals surface area (Å²) in [6, 6.07) is 6.01. The Morgan fingerprint density at radius 3 is 2.72 bits per heavy atom. The number of nitrogens with zero attached hydrogens (tertiary/aromatic N) is 2. The van der Waals surface area contributed by atoms with Gasteiger partial charge in [0.15, 0.2) is 0 Å². The van der Waals surface area contributed by atoms with Gasteiger partial charge in [-0.1, -0.05) is 15.9 Å². The Morgan fingerprint density at radius 1 is 1.33 bits per heavy atom. The molecule has 0 spiro atoms. The molecule has 0 aliphatic heterocycles. The van der Waals surface area contributed by atoms with Crippen molar-refractivity contribution in [3.63, 3.8) is 0 Å². The van der Waals surface area contributed by atoms with Crippen molar-refractivity contribution in [2.45, 2.75) is 20.0 Å². The number of halogens is 1. The van der Waals surface area contributed by atoms with Gasteiger partial charge in [-0.25, -0.2) is 4.98 Å². The standard InChI is InChI=1S/C13H16BrN3S/c1-9-16-13(8-18-9)7-17(2)6-10-3-11(14)5-12(15)4-10/h3-5,8H,6-7,15H2,1-2H3. The molecule has 0 unspecified atom stereocenters. The fraction of sp³-hybridized carbons (Fsp3) is 0.308. The average Bonchev–Trinajstić information content (AvgIpc) is 2.61. The lowest BCUT2D eigenvalue weighted by atomic mass is 10.2. The van der Waals surface area contributed by atoms with Crippen molar-refractivity contribution in [1.82, 2.24) is 9.88 Å². The quantitative estimate of drug-likeness (QED) is 0.876. The van der Waals surface area contributed by atoms with Crippen LogP contribution in [0.1, 0.15) is 16.3 Å². The van der Waals surface area contributed by atoms with Gasteiger partial charge in [0.1, 0.15) is 0 Å². The van der Waals surface area contributed by atoms with E-state index < -0.39 is 0 Å². The second-order valence-electron chi connectivity index (χ2n) is 4.42. The fourth-order valence-corrected chi connectivity index (χ4v) is 3.05. The Bertz CT molecular complexity index is 519. The third-order valence-corrected chi connectivity index (χ3v) is 3.81. The van der Waals surface area contributed by atoms with Crippen molar-refractivity contribution < 1.29 is 0 Å². The minimum Gasteiger partial charge on any atom is -0.399 e. The van der Waals surface area contributed by atoms with Crippen LogP contribution in [-0.4, -0.2) is 16.9 Å². The van der Waals surface area contributed by atoms with Gasteiger partial charge in [0.05, 0.1) is 10.7 Å². The number of nitrogens with two attached hydrogens (primary N) is 1. The number of thiazole rings is 1. The van der Waals surface area contributed by atoms with Crippen LogP contribution in [0.4, 0.5) is 5.69 Å². The highest BCUT2D eigenvalue weighted by Gasteiger charge is 2.05. The zero-order valence-corrected chi connectivity index (χ0v) is 12.9. The second kappa shape index (κ2) is 5.82. The molecule has 2 N–H and O–H groups in total. The normalized spacial score (nSPS) is 11.1. The number of hydrogen-bond acceptors (Lipinski definition) is 4. The predicted molar refractivity (Wildman–Crippen MR) is 80.6 cm³/mol. The lowest BCUT2D eigenvalue weighted by Crippen LogP contribution is -2.17. The molecule has 0 saturated heterocycles. The molecule has 18 heavy (non-hydrogen) atoms. The molecule has 1 aromatic carbocycles. The van der Waals surface area contributed by atoms with E-state index in [1.165, 1.54) is 5.56 Å². The predicted octanol–water partition coefficient (Wildman–Crippen LogP) is 3.43. The summed E-state index contributed by atoms with van der Waals surface area (Å²) >= 11 is 5.16. The van der Waals surface area contributed by atoms with Crippen LogP contribution >= 0.6 is 27.3 Å². The summed E-state index contributed by atoms with van der Waals surface area (Å²) in [7, 11) is 2.09. The summed E-state index contributed by atoms with van der Waals surface area (Å²) in [5, 5.41) is 3.23. The highest BCUT2D eigenvalue weighted by Crippen LogP contribution is 2.19. The molecule has 2 rings (SSSR count). The minimum atomic E-state index is 0.789. The molecule has 2 aromatic rings. The van der Waals surface area contributed by atoms with Gasteiger partial charge in [-0.2, -0.15) is 0 Å². The molecule has 96 valence electrons. The van der Waals surface area contributed by atoms with E-state index in [1.807, 2.05) is 19.1 Å². The van der Waals surface area contributed by atoms with Crippen LogP contribution in [0, 0.1) is 6.92 Å². The van der Waals surface area contributed by atoms with Crippen LogP contribution in [0.2, 0.25) is 0 Å². The minimum absolute atomic E-state index is 0.789. The van der Waals surface area contributed by atoms with Gasteiger partial charge in [0, 0.05) is 28.6 Å². The molecule has 0 amide bonds. The van der Waals surface area contributed by atoms with Crippen molar-refractivity contribution >= 4 is 33.0 Å². The van der Waals surface area contributed by atoms with Crippen LogP contribution in [0.5, 0.6) is 0 Å². The van der Waals surface area contributed by atoms with Crippen LogP contribution in [0.3, 0.4) is 0 Å². The van der Waals surface area contributed by atoms with E-state index in [-0.39, 0.29) is 0 Å². The van der Waals surface area contributed by atoms with Crippen molar-refractivity contribution in [1.29, 1.82) is 0 Å². The smallest absolute Gasteiger partial charge is 0.0897 e. The lowest BCUT2D eigenvalue weighted by Gasteiger charge is -2.16. The number of anilines is 1. The number of aromatic nitrogens is 1. The molecule has 0 saturated carbocycles. The first-order chi connectivity index (χ1) is 8.52. The monoisotopic (exact) mass is 325 g/mol. The lowest BCUT2D eigenvalue weighted by molar-refractivity contribution is 0.315. The summed E-state index contributed by atoms with van der Waals surface area (Å²) < 4.78 is 1.02. The Kier molecular flexibility index (Phi) is 4.37. The Balaban J connectivity index is 2.00. The zero-order valence-electron chi connectivity index (χ0n) is 10.5. The molecule has 1 aromatic heterocycles. The van der Waals surface area contributed by atoms with E-state index in [9.17, 15) is 0 Å². The third kappa shape index (κ3) is 3.80. The van der Waals surface area contributed by atoms with E-state index in [2.05, 4.69) is 44.3 Å². The van der Waals surface area contributed by atoms with Crippen LogP contribution < -0.4 is 5.73 Å². The molecular formula is C13H16BrN3S. The number of nitrogen functional groups attached to an aromatic ring is 1. The maximum absolute atomic E-state index is 5.83. The summed E-state index contributed by atoms with van der Waals surface area (Å²) in [5.41, 5.74) is 8.95. The van der Waals surface area contributed by atoms with E-state index in [0.717, 1.165) is 34.0 Å². The topological polar surface area (TPSA) is 42.2 Å². The number of rotatable bonds is 4. The van der Waals surface area contributed by atoms with Crippen LogP contribution in [0.15, 0.2) is 28.1 Å². The SMILES string of the molecule is Cc1nc(CN(C)Cc2cc(N)cc(Br)c2)cs1. The molecule has 3 nitrogen and oxygen atoms in total. The highest BCUT2D eigenvalue weighted by atomic mass is 79.9. The summed E-state index contributed by atoms with van der Waals surface area (Å²) in [6.45, 7) is 3.75.